The molecule has 4 heteroatoms. The number of H-pyrrole nitrogens is 1. The number of aryl methyl sites for hydroxylation is 1. The van der Waals surface area contributed by atoms with Crippen LogP contribution in [0, 0.1) is 6.92 Å². The van der Waals surface area contributed by atoms with Gasteiger partial charge >= 0.3 is 0 Å². The number of hydrogen-bond donors (Lipinski definition) is 1. The fraction of sp³-hybridized carbons (Fsp3) is 0.143. The molecule has 0 spiro atoms. The minimum absolute atomic E-state index is 0. The van der Waals surface area contributed by atoms with E-state index in [1.165, 1.54) is 0 Å². The van der Waals surface area contributed by atoms with E-state index < -0.39 is 0 Å². The van der Waals surface area contributed by atoms with Gasteiger partial charge in [-0.2, -0.15) is 5.10 Å². The maximum atomic E-state index is 4.22. The summed E-state index contributed by atoms with van der Waals surface area (Å²) < 4.78 is 0. The SMILES string of the molecule is Br.Cc1ccc2cn[nH]c2n1. The lowest BCUT2D eigenvalue weighted by molar-refractivity contribution is 1.09. The maximum absolute atomic E-state index is 4.22. The zero-order chi connectivity index (χ0) is 6.97. The Bertz CT molecular complexity index is 355. The molecule has 0 radical (unpaired) electrons. The Morgan fingerprint density at radius 2 is 2.18 bits per heavy atom. The number of aromatic amines is 1. The molecule has 2 heterocycles. The molecule has 0 fully saturated rings. The van der Waals surface area contributed by atoms with E-state index in [0.717, 1.165) is 16.7 Å². The maximum Gasteiger partial charge on any atom is 0.155 e. The van der Waals surface area contributed by atoms with Crippen molar-refractivity contribution in [1.82, 2.24) is 15.2 Å². The minimum Gasteiger partial charge on any atom is -0.261 e. The van der Waals surface area contributed by atoms with E-state index in [1.54, 1.807) is 6.20 Å². The van der Waals surface area contributed by atoms with E-state index in [4.69, 9.17) is 0 Å². The van der Waals surface area contributed by atoms with Crippen molar-refractivity contribution < 1.29 is 0 Å². The van der Waals surface area contributed by atoms with E-state index in [9.17, 15) is 0 Å². The highest BCUT2D eigenvalue weighted by atomic mass is 79.9. The van der Waals surface area contributed by atoms with Gasteiger partial charge in [-0.05, 0) is 19.1 Å². The lowest BCUT2D eigenvalue weighted by atomic mass is 10.3. The third-order valence-corrected chi connectivity index (χ3v) is 1.44. The van der Waals surface area contributed by atoms with Crippen molar-refractivity contribution in [2.24, 2.45) is 0 Å². The first-order valence-corrected chi connectivity index (χ1v) is 3.13. The summed E-state index contributed by atoms with van der Waals surface area (Å²) >= 11 is 0. The Balaban J connectivity index is 0.000000605. The Morgan fingerprint density at radius 1 is 1.36 bits per heavy atom. The van der Waals surface area contributed by atoms with Gasteiger partial charge in [0.1, 0.15) is 0 Å². The first-order chi connectivity index (χ1) is 4.86. The Labute approximate surface area is 74.6 Å². The van der Waals surface area contributed by atoms with Gasteiger partial charge in [-0.1, -0.05) is 0 Å². The predicted molar refractivity (Wildman–Crippen MR) is 48.9 cm³/mol. The number of nitrogens with zero attached hydrogens (tertiary/aromatic N) is 2. The molecular weight excluding hydrogens is 206 g/mol. The zero-order valence-electron chi connectivity index (χ0n) is 6.03. The van der Waals surface area contributed by atoms with Gasteiger partial charge in [0.05, 0.1) is 6.20 Å². The highest BCUT2D eigenvalue weighted by Gasteiger charge is 1.93. The molecule has 0 aliphatic carbocycles. The van der Waals surface area contributed by atoms with Crippen molar-refractivity contribution in [3.63, 3.8) is 0 Å². The van der Waals surface area contributed by atoms with Crippen molar-refractivity contribution in [2.45, 2.75) is 6.92 Å². The normalized spacial score (nSPS) is 9.55. The van der Waals surface area contributed by atoms with Crippen molar-refractivity contribution in [3.05, 3.63) is 24.0 Å². The lowest BCUT2D eigenvalue weighted by Gasteiger charge is -1.88. The molecule has 3 nitrogen and oxygen atoms in total. The Kier molecular flexibility index (Phi) is 2.24. The van der Waals surface area contributed by atoms with Crippen LogP contribution in [0.5, 0.6) is 0 Å². The first-order valence-electron chi connectivity index (χ1n) is 3.13. The molecule has 0 atom stereocenters. The zero-order valence-corrected chi connectivity index (χ0v) is 7.75. The molecule has 2 aromatic heterocycles. The lowest BCUT2D eigenvalue weighted by Crippen LogP contribution is -1.79. The summed E-state index contributed by atoms with van der Waals surface area (Å²) in [6.45, 7) is 1.96. The van der Waals surface area contributed by atoms with Crippen LogP contribution in [0.1, 0.15) is 5.69 Å². The van der Waals surface area contributed by atoms with Gasteiger partial charge in [0.15, 0.2) is 5.65 Å². The summed E-state index contributed by atoms with van der Waals surface area (Å²) in [5.74, 6) is 0. The van der Waals surface area contributed by atoms with Gasteiger partial charge in [0.25, 0.3) is 0 Å². The molecule has 0 aromatic carbocycles. The molecule has 0 aliphatic rings. The molecule has 0 bridgehead atoms. The number of halogens is 1. The summed E-state index contributed by atoms with van der Waals surface area (Å²) in [5.41, 5.74) is 1.87. The second-order valence-corrected chi connectivity index (χ2v) is 2.26. The molecular formula is C7H8BrN3. The van der Waals surface area contributed by atoms with Gasteiger partial charge in [-0.15, -0.1) is 17.0 Å². The van der Waals surface area contributed by atoms with Crippen molar-refractivity contribution in [2.75, 3.05) is 0 Å². The topological polar surface area (TPSA) is 41.6 Å². The molecule has 0 saturated heterocycles. The van der Waals surface area contributed by atoms with Gasteiger partial charge in [0, 0.05) is 11.1 Å². The number of fused-ring (bicyclic) bond motifs is 1. The highest BCUT2D eigenvalue weighted by Crippen LogP contribution is 2.06. The average Bonchev–Trinajstić information content (AvgIpc) is 2.33. The summed E-state index contributed by atoms with van der Waals surface area (Å²) in [5, 5.41) is 7.71. The number of pyridine rings is 1. The van der Waals surface area contributed by atoms with Crippen molar-refractivity contribution in [1.29, 1.82) is 0 Å². The number of aromatic nitrogens is 3. The Hall–Kier alpha value is -0.900. The highest BCUT2D eigenvalue weighted by molar-refractivity contribution is 8.93. The number of rotatable bonds is 0. The van der Waals surface area contributed by atoms with Crippen LogP contribution in [0.15, 0.2) is 18.3 Å². The van der Waals surface area contributed by atoms with E-state index >= 15 is 0 Å². The minimum atomic E-state index is 0. The van der Waals surface area contributed by atoms with Crippen LogP contribution >= 0.6 is 17.0 Å². The van der Waals surface area contributed by atoms with Crippen molar-refractivity contribution in [3.8, 4) is 0 Å². The van der Waals surface area contributed by atoms with Crippen LogP contribution in [0.3, 0.4) is 0 Å². The summed E-state index contributed by atoms with van der Waals surface area (Å²) in [7, 11) is 0. The van der Waals surface area contributed by atoms with Gasteiger partial charge < -0.3 is 0 Å². The molecule has 0 aliphatic heterocycles. The smallest absolute Gasteiger partial charge is 0.155 e. The standard InChI is InChI=1S/C7H7N3.BrH/c1-5-2-3-6-4-8-10-7(6)9-5;/h2-4H,1H3,(H,8,9,10);1H. The first kappa shape index (κ1) is 8.20. The Morgan fingerprint density at radius 3 is 3.00 bits per heavy atom. The molecule has 58 valence electrons. The van der Waals surface area contributed by atoms with E-state index in [0.29, 0.717) is 0 Å². The molecule has 2 aromatic rings. The van der Waals surface area contributed by atoms with Gasteiger partial charge in [-0.3, -0.25) is 5.10 Å². The number of nitrogens with one attached hydrogen (secondary N) is 1. The van der Waals surface area contributed by atoms with E-state index in [1.807, 2.05) is 19.1 Å². The quantitative estimate of drug-likeness (QED) is 0.726. The van der Waals surface area contributed by atoms with Crippen LogP contribution < -0.4 is 0 Å². The number of hydrogen-bond acceptors (Lipinski definition) is 2. The largest absolute Gasteiger partial charge is 0.261 e. The van der Waals surface area contributed by atoms with Crippen LogP contribution in [0.4, 0.5) is 0 Å². The molecule has 0 amide bonds. The van der Waals surface area contributed by atoms with E-state index in [-0.39, 0.29) is 17.0 Å². The average molecular weight is 214 g/mol. The monoisotopic (exact) mass is 213 g/mol. The fourth-order valence-electron chi connectivity index (χ4n) is 0.924. The van der Waals surface area contributed by atoms with E-state index in [2.05, 4.69) is 15.2 Å². The van der Waals surface area contributed by atoms with Crippen LogP contribution in [-0.2, 0) is 0 Å². The third-order valence-electron chi connectivity index (χ3n) is 1.44. The second-order valence-electron chi connectivity index (χ2n) is 2.26. The predicted octanol–water partition coefficient (Wildman–Crippen LogP) is 1.84. The second kappa shape index (κ2) is 3.00. The molecule has 2 rings (SSSR count). The fourth-order valence-corrected chi connectivity index (χ4v) is 0.924. The van der Waals surface area contributed by atoms with Crippen LogP contribution in [0.2, 0.25) is 0 Å². The molecule has 1 N–H and O–H groups in total. The molecule has 0 unspecified atom stereocenters. The van der Waals surface area contributed by atoms with Gasteiger partial charge in [-0.25, -0.2) is 4.98 Å². The van der Waals surface area contributed by atoms with Crippen molar-refractivity contribution >= 4 is 28.0 Å². The van der Waals surface area contributed by atoms with Crippen LogP contribution in [0.25, 0.3) is 11.0 Å². The summed E-state index contributed by atoms with van der Waals surface area (Å²) in [4.78, 5) is 4.22. The summed E-state index contributed by atoms with van der Waals surface area (Å²) in [6.07, 6.45) is 1.77. The van der Waals surface area contributed by atoms with Crippen LogP contribution in [-0.4, -0.2) is 15.2 Å². The third kappa shape index (κ3) is 1.40. The molecule has 11 heavy (non-hydrogen) atoms. The van der Waals surface area contributed by atoms with Gasteiger partial charge in [0.2, 0.25) is 0 Å². The molecule has 0 saturated carbocycles. The summed E-state index contributed by atoms with van der Waals surface area (Å²) in [6, 6.07) is 3.97.